The Morgan fingerprint density at radius 3 is 2.19 bits per heavy atom. The van der Waals surface area contributed by atoms with Gasteiger partial charge in [-0.25, -0.2) is 8.42 Å². The van der Waals surface area contributed by atoms with Gasteiger partial charge in [0.2, 0.25) is 15.9 Å². The monoisotopic (exact) mass is 381 g/mol. The first-order valence-electron chi connectivity index (χ1n) is 9.14. The van der Waals surface area contributed by atoms with E-state index < -0.39 is 10.0 Å². The lowest BCUT2D eigenvalue weighted by molar-refractivity contribution is -0.122. The van der Waals surface area contributed by atoms with Crippen LogP contribution in [0.1, 0.15) is 32.8 Å². The summed E-state index contributed by atoms with van der Waals surface area (Å²) < 4.78 is 26.9. The van der Waals surface area contributed by atoms with Crippen LogP contribution in [-0.2, 0) is 14.8 Å². The summed E-state index contributed by atoms with van der Waals surface area (Å²) in [6.45, 7) is 11.7. The third-order valence-electron chi connectivity index (χ3n) is 4.43. The summed E-state index contributed by atoms with van der Waals surface area (Å²) >= 11 is 0. The molecule has 1 N–H and O–H groups in total. The van der Waals surface area contributed by atoms with Gasteiger partial charge in [-0.3, -0.25) is 9.69 Å². The highest BCUT2D eigenvalue weighted by atomic mass is 32.2. The number of sulfonamides is 1. The molecule has 26 heavy (non-hydrogen) atoms. The third kappa shape index (κ3) is 6.07. The van der Waals surface area contributed by atoms with Crippen LogP contribution in [0.15, 0.2) is 29.2 Å². The molecule has 1 aromatic rings. The predicted octanol–water partition coefficient (Wildman–Crippen LogP) is 1.85. The molecule has 0 bridgehead atoms. The van der Waals surface area contributed by atoms with Crippen molar-refractivity contribution >= 4 is 15.9 Å². The fourth-order valence-corrected chi connectivity index (χ4v) is 4.37. The van der Waals surface area contributed by atoms with Gasteiger partial charge >= 0.3 is 0 Å². The Morgan fingerprint density at radius 1 is 1.08 bits per heavy atom. The molecule has 0 unspecified atom stereocenters. The molecule has 0 aliphatic carbocycles. The summed E-state index contributed by atoms with van der Waals surface area (Å²) in [6, 6.07) is 6.98. The second-order valence-corrected chi connectivity index (χ2v) is 10.1. The first-order chi connectivity index (χ1) is 12.1. The number of hydrogen-bond acceptors (Lipinski definition) is 4. The molecular weight excluding hydrogens is 350 g/mol. The number of aryl methyl sites for hydroxylation is 1. The third-order valence-corrected chi connectivity index (χ3v) is 6.34. The van der Waals surface area contributed by atoms with Crippen LogP contribution >= 0.6 is 0 Å². The molecule has 0 spiro atoms. The molecule has 1 aromatic carbocycles. The van der Waals surface area contributed by atoms with Gasteiger partial charge < -0.3 is 5.32 Å². The van der Waals surface area contributed by atoms with Crippen molar-refractivity contribution in [3.8, 4) is 0 Å². The molecule has 1 aliphatic rings. The molecule has 2 rings (SSSR count). The Balaban J connectivity index is 1.78. The number of carbonyl (C=O) groups is 1. The summed E-state index contributed by atoms with van der Waals surface area (Å²) in [7, 11) is -3.42. The predicted molar refractivity (Wildman–Crippen MR) is 103 cm³/mol. The van der Waals surface area contributed by atoms with Gasteiger partial charge in [-0.15, -0.1) is 0 Å². The van der Waals surface area contributed by atoms with E-state index in [9.17, 15) is 13.2 Å². The van der Waals surface area contributed by atoms with Crippen LogP contribution < -0.4 is 5.32 Å². The highest BCUT2D eigenvalue weighted by Gasteiger charge is 2.28. The highest BCUT2D eigenvalue weighted by molar-refractivity contribution is 7.89. The Hall–Kier alpha value is -1.44. The summed E-state index contributed by atoms with van der Waals surface area (Å²) in [6.07, 6.45) is 0.509. The molecule has 7 heteroatoms. The van der Waals surface area contributed by atoms with E-state index in [0.717, 1.165) is 12.1 Å². The molecule has 1 amide bonds. The fourth-order valence-electron chi connectivity index (χ4n) is 2.95. The molecular formula is C19H31N3O3S. The van der Waals surface area contributed by atoms with Gasteiger partial charge in [0.15, 0.2) is 0 Å². The lowest BCUT2D eigenvalue weighted by Gasteiger charge is -2.34. The summed E-state index contributed by atoms with van der Waals surface area (Å²) in [5.74, 6) is 0.0677. The molecule has 1 aliphatic heterocycles. The minimum absolute atomic E-state index is 0.0138. The van der Waals surface area contributed by atoms with Crippen LogP contribution in [0.25, 0.3) is 0 Å². The largest absolute Gasteiger partial charge is 0.355 e. The van der Waals surface area contributed by atoms with E-state index in [1.807, 2.05) is 39.8 Å². The normalized spacial score (nSPS) is 17.2. The maximum absolute atomic E-state index is 12.7. The molecule has 0 radical (unpaired) electrons. The minimum Gasteiger partial charge on any atom is -0.355 e. The molecule has 1 fully saturated rings. The zero-order valence-corrected chi connectivity index (χ0v) is 17.1. The number of amides is 1. The number of benzene rings is 1. The number of piperazine rings is 1. The van der Waals surface area contributed by atoms with Crippen LogP contribution in [-0.4, -0.2) is 62.8 Å². The minimum atomic E-state index is -3.42. The van der Waals surface area contributed by atoms with E-state index >= 15 is 0 Å². The molecule has 1 saturated heterocycles. The van der Waals surface area contributed by atoms with E-state index in [1.54, 1.807) is 16.4 Å². The molecule has 146 valence electrons. The smallest absolute Gasteiger partial charge is 0.243 e. The fraction of sp³-hybridized carbons (Fsp3) is 0.632. The van der Waals surface area contributed by atoms with E-state index in [-0.39, 0.29) is 11.3 Å². The van der Waals surface area contributed by atoms with E-state index in [1.165, 1.54) is 0 Å². The quantitative estimate of drug-likeness (QED) is 0.816. The summed E-state index contributed by atoms with van der Waals surface area (Å²) in [5.41, 5.74) is 1.03. The lowest BCUT2D eigenvalue weighted by Crippen LogP contribution is -2.50. The van der Waals surface area contributed by atoms with Gasteiger partial charge in [-0.1, -0.05) is 38.5 Å². The molecule has 6 nitrogen and oxygen atoms in total. The van der Waals surface area contributed by atoms with Crippen LogP contribution in [0, 0.1) is 12.3 Å². The van der Waals surface area contributed by atoms with Gasteiger partial charge in [0.1, 0.15) is 0 Å². The van der Waals surface area contributed by atoms with Crippen molar-refractivity contribution in [2.24, 2.45) is 5.41 Å². The first-order valence-corrected chi connectivity index (χ1v) is 10.6. The zero-order valence-electron chi connectivity index (χ0n) is 16.3. The molecule has 1 heterocycles. The van der Waals surface area contributed by atoms with Gasteiger partial charge in [0, 0.05) is 45.7 Å². The Labute approximate surface area is 157 Å². The van der Waals surface area contributed by atoms with Gasteiger partial charge in [0.05, 0.1) is 4.90 Å². The maximum atomic E-state index is 12.7. The SMILES string of the molecule is Cc1ccc(S(=O)(=O)N2CCN(CCNC(=O)CC(C)(C)C)CC2)cc1. The first kappa shape index (κ1) is 20.9. The zero-order chi connectivity index (χ0) is 19.4. The van der Waals surface area contributed by atoms with E-state index in [0.29, 0.717) is 44.0 Å². The van der Waals surface area contributed by atoms with Crippen LogP contribution in [0.5, 0.6) is 0 Å². The van der Waals surface area contributed by atoms with Crippen LogP contribution in [0.4, 0.5) is 0 Å². The lowest BCUT2D eigenvalue weighted by atomic mass is 9.92. The molecule has 0 aromatic heterocycles. The van der Waals surface area contributed by atoms with E-state index in [2.05, 4.69) is 10.2 Å². The van der Waals surface area contributed by atoms with Crippen molar-refractivity contribution in [2.45, 2.75) is 39.0 Å². The van der Waals surface area contributed by atoms with Crippen molar-refractivity contribution < 1.29 is 13.2 Å². The number of rotatable bonds is 6. The molecule has 0 atom stereocenters. The average molecular weight is 382 g/mol. The standard InChI is InChI=1S/C19H31N3O3S/c1-16-5-7-17(8-6-16)26(24,25)22-13-11-21(12-14-22)10-9-20-18(23)15-19(2,3)4/h5-8H,9-15H2,1-4H3,(H,20,23). The topological polar surface area (TPSA) is 69.7 Å². The van der Waals surface area contributed by atoms with Gasteiger partial charge in [-0.2, -0.15) is 4.31 Å². The average Bonchev–Trinajstić information content (AvgIpc) is 2.54. The maximum Gasteiger partial charge on any atom is 0.243 e. The Bertz CT molecular complexity index is 701. The summed E-state index contributed by atoms with van der Waals surface area (Å²) in [4.78, 5) is 14.4. The Morgan fingerprint density at radius 2 is 1.65 bits per heavy atom. The van der Waals surface area contributed by atoms with Crippen molar-refractivity contribution in [3.05, 3.63) is 29.8 Å². The highest BCUT2D eigenvalue weighted by Crippen LogP contribution is 2.19. The number of nitrogens with one attached hydrogen (secondary N) is 1. The van der Waals surface area contributed by atoms with Gasteiger partial charge in [0.25, 0.3) is 0 Å². The van der Waals surface area contributed by atoms with Crippen molar-refractivity contribution in [1.29, 1.82) is 0 Å². The second kappa shape index (κ2) is 8.50. The van der Waals surface area contributed by atoms with Crippen molar-refractivity contribution in [3.63, 3.8) is 0 Å². The van der Waals surface area contributed by atoms with Crippen molar-refractivity contribution in [1.82, 2.24) is 14.5 Å². The summed E-state index contributed by atoms with van der Waals surface area (Å²) in [5, 5.41) is 2.95. The van der Waals surface area contributed by atoms with Gasteiger partial charge in [-0.05, 0) is 24.5 Å². The number of nitrogens with zero attached hydrogens (tertiary/aromatic N) is 2. The van der Waals surface area contributed by atoms with Crippen molar-refractivity contribution in [2.75, 3.05) is 39.3 Å². The second-order valence-electron chi connectivity index (χ2n) is 8.15. The number of carbonyl (C=O) groups excluding carboxylic acids is 1. The van der Waals surface area contributed by atoms with E-state index in [4.69, 9.17) is 0 Å². The van der Waals surface area contributed by atoms with Crippen LogP contribution in [0.2, 0.25) is 0 Å². The van der Waals surface area contributed by atoms with Crippen LogP contribution in [0.3, 0.4) is 0 Å². The molecule has 0 saturated carbocycles. The number of hydrogen-bond donors (Lipinski definition) is 1. The Kier molecular flexibility index (Phi) is 6.82.